The number of carbonyl (C=O) groups is 2. The summed E-state index contributed by atoms with van der Waals surface area (Å²) in [4.78, 5) is 25.0. The smallest absolute Gasteiger partial charge is 0.450 e. The minimum atomic E-state index is -2.71. The lowest BCUT2D eigenvalue weighted by Crippen LogP contribution is -2.63. The lowest BCUT2D eigenvalue weighted by atomic mass is 9.52. The van der Waals surface area contributed by atoms with Crippen molar-refractivity contribution in [3.8, 4) is 0 Å². The quantitative estimate of drug-likeness (QED) is 0.742. The van der Waals surface area contributed by atoms with Gasteiger partial charge in [0.1, 0.15) is 5.60 Å². The molecule has 0 aromatic heterocycles. The van der Waals surface area contributed by atoms with Crippen molar-refractivity contribution in [1.29, 1.82) is 0 Å². The molecule has 1 heterocycles. The maximum Gasteiger partial charge on any atom is 0.506 e. The molecule has 5 aliphatic rings. The number of amides is 1. The van der Waals surface area contributed by atoms with Crippen LogP contribution in [0.3, 0.4) is 0 Å². The number of piperidine rings is 1. The van der Waals surface area contributed by atoms with Crippen LogP contribution in [0.1, 0.15) is 44.9 Å². The van der Waals surface area contributed by atoms with Crippen molar-refractivity contribution >= 4 is 12.1 Å². The molecule has 2 unspecified atom stereocenters. The Hall–Kier alpha value is -1.44. The Morgan fingerprint density at radius 1 is 1.19 bits per heavy atom. The summed E-state index contributed by atoms with van der Waals surface area (Å²) < 4.78 is 32.3. The van der Waals surface area contributed by atoms with Gasteiger partial charge < -0.3 is 15.2 Å². The molecule has 0 aromatic rings. The van der Waals surface area contributed by atoms with Crippen LogP contribution >= 0.6 is 0 Å². The Morgan fingerprint density at radius 3 is 2.50 bits per heavy atom. The van der Waals surface area contributed by atoms with Gasteiger partial charge in [0.05, 0.1) is 13.1 Å². The summed E-state index contributed by atoms with van der Waals surface area (Å²) in [5.41, 5.74) is -0.585. The molecule has 5 rings (SSSR count). The van der Waals surface area contributed by atoms with E-state index in [-0.39, 0.29) is 43.3 Å². The van der Waals surface area contributed by atoms with Crippen molar-refractivity contribution in [2.75, 3.05) is 19.6 Å². The number of hydrogen-bond acceptors (Lipinski definition) is 4. The van der Waals surface area contributed by atoms with Gasteiger partial charge in [0, 0.05) is 12.5 Å². The van der Waals surface area contributed by atoms with Crippen LogP contribution in [0, 0.1) is 17.8 Å². The molecule has 8 heteroatoms. The van der Waals surface area contributed by atoms with Gasteiger partial charge >= 0.3 is 6.16 Å². The van der Waals surface area contributed by atoms with E-state index in [1.807, 2.05) is 0 Å². The van der Waals surface area contributed by atoms with Crippen LogP contribution in [0.5, 0.6) is 0 Å². The summed E-state index contributed by atoms with van der Waals surface area (Å²) in [6.45, 7) is 0.180. The highest BCUT2D eigenvalue weighted by Crippen LogP contribution is 2.57. The van der Waals surface area contributed by atoms with Crippen molar-refractivity contribution in [1.82, 2.24) is 10.2 Å². The van der Waals surface area contributed by atoms with E-state index in [1.165, 1.54) is 4.90 Å². The fraction of sp³-hybridized carbons (Fsp3) is 0.889. The van der Waals surface area contributed by atoms with Gasteiger partial charge in [0.25, 0.3) is 5.92 Å². The molecule has 0 spiro atoms. The lowest BCUT2D eigenvalue weighted by Gasteiger charge is -2.58. The third-order valence-corrected chi connectivity index (χ3v) is 6.69. The standard InChI is InChI=1S/C18H26F2N2O4/c19-18(20)2-1-3-22(10-18)9-14(23)21-15-12-4-11-5-13(15)8-17(6-11,7-12)26-16(24)25/h11-13,15H,1-10H2,(H,21,23)(H,24,25). The number of ether oxygens (including phenoxy) is 1. The Labute approximate surface area is 151 Å². The van der Waals surface area contributed by atoms with Gasteiger partial charge in [-0.25, -0.2) is 13.6 Å². The summed E-state index contributed by atoms with van der Waals surface area (Å²) in [5, 5.41) is 12.1. The predicted octanol–water partition coefficient (Wildman–Crippen LogP) is 2.48. The average Bonchev–Trinajstić information content (AvgIpc) is 2.48. The van der Waals surface area contributed by atoms with Gasteiger partial charge in [-0.3, -0.25) is 9.69 Å². The molecule has 1 aliphatic heterocycles. The number of nitrogens with zero attached hydrogens (tertiary/aromatic N) is 1. The maximum atomic E-state index is 13.5. The number of alkyl halides is 2. The average molecular weight is 372 g/mol. The molecule has 2 N–H and O–H groups in total. The summed E-state index contributed by atoms with van der Waals surface area (Å²) in [5.74, 6) is -2.02. The molecule has 1 saturated heterocycles. The molecule has 6 nitrogen and oxygen atoms in total. The van der Waals surface area contributed by atoms with Crippen LogP contribution in [0.25, 0.3) is 0 Å². The minimum Gasteiger partial charge on any atom is -0.450 e. The van der Waals surface area contributed by atoms with E-state index < -0.39 is 17.7 Å². The molecule has 2 atom stereocenters. The summed E-state index contributed by atoms with van der Waals surface area (Å²) in [7, 11) is 0. The molecule has 4 aliphatic carbocycles. The zero-order chi connectivity index (χ0) is 18.5. The molecule has 5 fully saturated rings. The highest BCUT2D eigenvalue weighted by atomic mass is 19.3. The Balaban J connectivity index is 1.36. The Morgan fingerprint density at radius 2 is 1.88 bits per heavy atom. The Kier molecular flexibility index (Phi) is 4.36. The second-order valence-electron chi connectivity index (χ2n) is 8.78. The van der Waals surface area contributed by atoms with E-state index in [1.54, 1.807) is 0 Å². The summed E-state index contributed by atoms with van der Waals surface area (Å²) >= 11 is 0. The molecule has 26 heavy (non-hydrogen) atoms. The van der Waals surface area contributed by atoms with E-state index in [0.717, 1.165) is 19.3 Å². The first-order valence-corrected chi connectivity index (χ1v) is 9.55. The van der Waals surface area contributed by atoms with Crippen LogP contribution < -0.4 is 5.32 Å². The second kappa shape index (κ2) is 6.32. The van der Waals surface area contributed by atoms with Crippen LogP contribution in [-0.2, 0) is 9.53 Å². The number of carboxylic acid groups (broad SMARTS) is 1. The third-order valence-electron chi connectivity index (χ3n) is 6.69. The van der Waals surface area contributed by atoms with Crippen molar-refractivity contribution in [3.05, 3.63) is 0 Å². The third kappa shape index (κ3) is 3.52. The number of halogens is 2. The van der Waals surface area contributed by atoms with Gasteiger partial charge in [-0.15, -0.1) is 0 Å². The summed E-state index contributed by atoms with van der Waals surface area (Å²) in [6, 6.07) is 0.00914. The number of carbonyl (C=O) groups excluding carboxylic acids is 1. The first kappa shape index (κ1) is 17.9. The predicted molar refractivity (Wildman–Crippen MR) is 87.9 cm³/mol. The van der Waals surface area contributed by atoms with Crippen molar-refractivity contribution in [2.24, 2.45) is 17.8 Å². The van der Waals surface area contributed by atoms with E-state index in [9.17, 15) is 18.4 Å². The van der Waals surface area contributed by atoms with Gasteiger partial charge in [0.15, 0.2) is 0 Å². The van der Waals surface area contributed by atoms with Gasteiger partial charge in [-0.2, -0.15) is 0 Å². The largest absolute Gasteiger partial charge is 0.506 e. The molecule has 4 bridgehead atoms. The van der Waals surface area contributed by atoms with Gasteiger partial charge in [-0.05, 0) is 62.8 Å². The SMILES string of the molecule is O=C(CN1CCCC(F)(F)C1)NC1C2CC3CC1CC(OC(=O)O)(C3)C2. The number of likely N-dealkylation sites (tertiary alicyclic amines) is 1. The second-order valence-corrected chi connectivity index (χ2v) is 8.78. The zero-order valence-electron chi connectivity index (χ0n) is 14.8. The lowest BCUT2D eigenvalue weighted by molar-refractivity contribution is -0.155. The van der Waals surface area contributed by atoms with Crippen LogP contribution in [0.4, 0.5) is 13.6 Å². The molecule has 0 radical (unpaired) electrons. The monoisotopic (exact) mass is 372 g/mol. The summed E-state index contributed by atoms with van der Waals surface area (Å²) in [6.07, 6.45) is 3.13. The van der Waals surface area contributed by atoms with Gasteiger partial charge in [-0.1, -0.05) is 0 Å². The minimum absolute atomic E-state index is 0.00568. The van der Waals surface area contributed by atoms with Crippen LogP contribution in [-0.4, -0.2) is 59.3 Å². The molecule has 0 aromatic carbocycles. The number of rotatable bonds is 4. The van der Waals surface area contributed by atoms with Crippen molar-refractivity contribution in [3.63, 3.8) is 0 Å². The number of nitrogens with one attached hydrogen (secondary N) is 1. The molecular formula is C18H26F2N2O4. The zero-order valence-corrected chi connectivity index (χ0v) is 14.8. The molecule has 4 saturated carbocycles. The van der Waals surface area contributed by atoms with Gasteiger partial charge in [0.2, 0.25) is 5.91 Å². The first-order chi connectivity index (χ1) is 12.2. The van der Waals surface area contributed by atoms with E-state index in [0.29, 0.717) is 31.7 Å². The van der Waals surface area contributed by atoms with E-state index >= 15 is 0 Å². The normalized spacial score (nSPS) is 41.0. The maximum absolute atomic E-state index is 13.5. The van der Waals surface area contributed by atoms with Crippen molar-refractivity contribution < 1.29 is 28.2 Å². The molecule has 146 valence electrons. The number of hydrogen-bond donors (Lipinski definition) is 2. The highest BCUT2D eigenvalue weighted by molar-refractivity contribution is 5.78. The molecule has 1 amide bonds. The Bertz CT molecular complexity index is 584. The molecular weight excluding hydrogens is 346 g/mol. The highest BCUT2D eigenvalue weighted by Gasteiger charge is 2.57. The van der Waals surface area contributed by atoms with Crippen LogP contribution in [0.2, 0.25) is 0 Å². The fourth-order valence-electron chi connectivity index (χ4n) is 6.11. The first-order valence-electron chi connectivity index (χ1n) is 9.55. The van der Waals surface area contributed by atoms with E-state index in [4.69, 9.17) is 9.84 Å². The van der Waals surface area contributed by atoms with Crippen molar-refractivity contribution in [2.45, 2.75) is 62.5 Å². The topological polar surface area (TPSA) is 78.9 Å². The fourth-order valence-corrected chi connectivity index (χ4v) is 6.11. The van der Waals surface area contributed by atoms with E-state index in [2.05, 4.69) is 5.32 Å². The van der Waals surface area contributed by atoms with Crippen LogP contribution in [0.15, 0.2) is 0 Å².